The molecular formula is C19H20N2O3. The minimum Gasteiger partial charge on any atom is -0.491 e. The van der Waals surface area contributed by atoms with E-state index in [4.69, 9.17) is 4.74 Å². The Balaban J connectivity index is 1.69. The van der Waals surface area contributed by atoms with Crippen molar-refractivity contribution in [3.63, 3.8) is 0 Å². The molecule has 24 heavy (non-hydrogen) atoms. The fourth-order valence-corrected chi connectivity index (χ4v) is 3.60. The topological polar surface area (TPSA) is 62.4 Å². The van der Waals surface area contributed by atoms with E-state index in [1.165, 1.54) is 6.07 Å². The summed E-state index contributed by atoms with van der Waals surface area (Å²) in [5.41, 5.74) is 3.33. The van der Waals surface area contributed by atoms with Crippen LogP contribution in [-0.2, 0) is 19.4 Å². The van der Waals surface area contributed by atoms with Crippen molar-refractivity contribution < 1.29 is 9.53 Å². The van der Waals surface area contributed by atoms with Crippen LogP contribution in [0.3, 0.4) is 0 Å². The van der Waals surface area contributed by atoms with E-state index < -0.39 is 0 Å². The van der Waals surface area contributed by atoms with Crippen LogP contribution < -0.4 is 10.3 Å². The molecule has 0 bridgehead atoms. The molecule has 0 radical (unpaired) electrons. The number of benzene rings is 1. The van der Waals surface area contributed by atoms with Crippen molar-refractivity contribution in [2.24, 2.45) is 0 Å². The van der Waals surface area contributed by atoms with Crippen LogP contribution in [0.2, 0.25) is 0 Å². The van der Waals surface area contributed by atoms with Gasteiger partial charge in [-0.15, -0.1) is 0 Å². The number of hydrogen-bond donors (Lipinski definition) is 1. The van der Waals surface area contributed by atoms with E-state index in [0.29, 0.717) is 25.3 Å². The molecule has 0 fully saturated rings. The molecule has 1 aromatic carbocycles. The molecular weight excluding hydrogens is 304 g/mol. The minimum absolute atomic E-state index is 0.0699. The number of carbonyl (C=O) groups excluding carboxylic acids is 1. The summed E-state index contributed by atoms with van der Waals surface area (Å²) >= 11 is 0. The minimum atomic E-state index is -0.189. The lowest BCUT2D eigenvalue weighted by Crippen LogP contribution is -2.34. The number of nitrogens with one attached hydrogen (secondary N) is 1. The number of nitrogens with zero attached hydrogens (tertiary/aromatic N) is 1. The zero-order chi connectivity index (χ0) is 16.5. The number of ether oxygens (including phenoxy) is 1. The first kappa shape index (κ1) is 15.0. The first-order valence-corrected chi connectivity index (χ1v) is 8.47. The lowest BCUT2D eigenvalue weighted by molar-refractivity contribution is 0.0731. The lowest BCUT2D eigenvalue weighted by Gasteiger charge is -2.24. The highest BCUT2D eigenvalue weighted by Crippen LogP contribution is 2.26. The van der Waals surface area contributed by atoms with Gasteiger partial charge in [0.1, 0.15) is 12.4 Å². The monoisotopic (exact) mass is 324 g/mol. The summed E-state index contributed by atoms with van der Waals surface area (Å²) in [4.78, 5) is 29.8. The maximum Gasteiger partial charge on any atom is 0.254 e. The number of rotatable bonds is 1. The van der Waals surface area contributed by atoms with Crippen molar-refractivity contribution in [3.05, 3.63) is 63.1 Å². The van der Waals surface area contributed by atoms with E-state index in [1.54, 1.807) is 4.90 Å². The zero-order valence-electron chi connectivity index (χ0n) is 13.5. The van der Waals surface area contributed by atoms with Crippen LogP contribution in [0, 0.1) is 0 Å². The smallest absolute Gasteiger partial charge is 0.254 e. The van der Waals surface area contributed by atoms with Crippen molar-refractivity contribution in [1.82, 2.24) is 9.88 Å². The molecule has 2 heterocycles. The number of para-hydroxylation sites is 1. The number of aryl methyl sites for hydroxylation is 1. The number of hydrogen-bond acceptors (Lipinski definition) is 3. The molecule has 5 heteroatoms. The Morgan fingerprint density at radius 2 is 2.00 bits per heavy atom. The van der Waals surface area contributed by atoms with Gasteiger partial charge in [-0.2, -0.15) is 0 Å². The summed E-state index contributed by atoms with van der Waals surface area (Å²) in [6, 6.07) is 9.26. The highest BCUT2D eigenvalue weighted by Gasteiger charge is 2.25. The third-order valence-electron chi connectivity index (χ3n) is 4.81. The van der Waals surface area contributed by atoms with E-state index in [1.807, 2.05) is 24.3 Å². The Hall–Kier alpha value is -2.56. The molecule has 1 amide bonds. The van der Waals surface area contributed by atoms with Gasteiger partial charge in [-0.05, 0) is 37.3 Å². The second kappa shape index (κ2) is 6.15. The largest absolute Gasteiger partial charge is 0.491 e. The summed E-state index contributed by atoms with van der Waals surface area (Å²) in [5.74, 6) is 0.764. The normalized spacial score (nSPS) is 16.6. The molecule has 1 aliphatic carbocycles. The van der Waals surface area contributed by atoms with Gasteiger partial charge in [0, 0.05) is 29.4 Å². The molecule has 0 atom stereocenters. The van der Waals surface area contributed by atoms with Crippen LogP contribution in [0.5, 0.6) is 5.75 Å². The quantitative estimate of drug-likeness (QED) is 0.875. The van der Waals surface area contributed by atoms with Gasteiger partial charge in [-0.1, -0.05) is 18.2 Å². The van der Waals surface area contributed by atoms with E-state index in [9.17, 15) is 9.59 Å². The molecule has 5 nitrogen and oxygen atoms in total. The first-order valence-electron chi connectivity index (χ1n) is 8.47. The predicted molar refractivity (Wildman–Crippen MR) is 90.4 cm³/mol. The zero-order valence-corrected chi connectivity index (χ0v) is 13.5. The number of amides is 1. The molecule has 2 aliphatic rings. The number of H-pyrrole nitrogens is 1. The average molecular weight is 324 g/mol. The molecule has 1 N–H and O–H groups in total. The predicted octanol–water partition coefficient (Wildman–Crippen LogP) is 2.29. The number of fused-ring (bicyclic) bond motifs is 2. The molecule has 1 aliphatic heterocycles. The number of aromatic nitrogens is 1. The molecule has 0 unspecified atom stereocenters. The summed E-state index contributed by atoms with van der Waals surface area (Å²) in [6.07, 6.45) is 3.82. The number of pyridine rings is 1. The van der Waals surface area contributed by atoms with Gasteiger partial charge in [-0.25, -0.2) is 0 Å². The highest BCUT2D eigenvalue weighted by atomic mass is 16.5. The van der Waals surface area contributed by atoms with Crippen molar-refractivity contribution in [3.8, 4) is 5.75 Å². The van der Waals surface area contributed by atoms with Gasteiger partial charge in [0.15, 0.2) is 0 Å². The first-order chi connectivity index (χ1) is 11.7. The van der Waals surface area contributed by atoms with Crippen molar-refractivity contribution in [1.29, 1.82) is 0 Å². The van der Waals surface area contributed by atoms with Crippen LogP contribution in [0.1, 0.15) is 40.0 Å². The van der Waals surface area contributed by atoms with Gasteiger partial charge in [0.25, 0.3) is 5.91 Å². The average Bonchev–Trinajstić information content (AvgIpc) is 2.82. The van der Waals surface area contributed by atoms with E-state index in [0.717, 1.165) is 48.3 Å². The number of carbonyl (C=O) groups is 1. The van der Waals surface area contributed by atoms with Crippen LogP contribution in [0.15, 0.2) is 35.1 Å². The second-order valence-corrected chi connectivity index (χ2v) is 6.39. The maximum atomic E-state index is 13.1. The van der Waals surface area contributed by atoms with Crippen LogP contribution in [-0.4, -0.2) is 28.9 Å². The Morgan fingerprint density at radius 1 is 1.17 bits per heavy atom. The molecule has 4 rings (SSSR count). The summed E-state index contributed by atoms with van der Waals surface area (Å²) in [6.45, 7) is 1.50. The highest BCUT2D eigenvalue weighted by molar-refractivity contribution is 5.96. The van der Waals surface area contributed by atoms with Gasteiger partial charge in [0.05, 0.1) is 6.54 Å². The third-order valence-corrected chi connectivity index (χ3v) is 4.81. The number of aromatic amines is 1. The van der Waals surface area contributed by atoms with Crippen LogP contribution in [0.25, 0.3) is 0 Å². The third kappa shape index (κ3) is 2.70. The molecule has 1 aromatic heterocycles. The fraction of sp³-hybridized carbons (Fsp3) is 0.368. The van der Waals surface area contributed by atoms with E-state index >= 15 is 0 Å². The summed E-state index contributed by atoms with van der Waals surface area (Å²) in [5, 5.41) is 0. The van der Waals surface area contributed by atoms with Gasteiger partial charge >= 0.3 is 0 Å². The van der Waals surface area contributed by atoms with Crippen molar-refractivity contribution >= 4 is 5.91 Å². The molecule has 0 saturated carbocycles. The molecule has 0 spiro atoms. The Kier molecular flexibility index (Phi) is 3.84. The summed E-state index contributed by atoms with van der Waals surface area (Å²) in [7, 11) is 0. The SMILES string of the molecule is O=C(c1cc(=O)[nH]c2c1CCCC2)N1CCOc2ccccc2C1. The Morgan fingerprint density at radius 3 is 2.92 bits per heavy atom. The Bertz CT molecular complexity index is 841. The van der Waals surface area contributed by atoms with Gasteiger partial charge in [0.2, 0.25) is 5.56 Å². The lowest BCUT2D eigenvalue weighted by atomic mass is 9.91. The standard InChI is InChI=1S/C19H20N2O3/c22-18-11-15(14-6-2-3-7-16(14)20-18)19(23)21-9-10-24-17-8-4-1-5-13(17)12-21/h1,4-5,8,11H,2-3,6-7,9-10,12H2,(H,20,22). The van der Waals surface area contributed by atoms with Crippen molar-refractivity contribution in [2.75, 3.05) is 13.2 Å². The van der Waals surface area contributed by atoms with Crippen LogP contribution in [0.4, 0.5) is 0 Å². The summed E-state index contributed by atoms with van der Waals surface area (Å²) < 4.78 is 5.74. The van der Waals surface area contributed by atoms with E-state index in [2.05, 4.69) is 4.98 Å². The second-order valence-electron chi connectivity index (χ2n) is 6.39. The molecule has 2 aromatic rings. The fourth-order valence-electron chi connectivity index (χ4n) is 3.60. The van der Waals surface area contributed by atoms with E-state index in [-0.39, 0.29) is 11.5 Å². The Labute approximate surface area is 140 Å². The van der Waals surface area contributed by atoms with Crippen LogP contribution >= 0.6 is 0 Å². The molecule has 0 saturated heterocycles. The van der Waals surface area contributed by atoms with Gasteiger partial charge < -0.3 is 14.6 Å². The van der Waals surface area contributed by atoms with Gasteiger partial charge in [-0.3, -0.25) is 9.59 Å². The molecule has 124 valence electrons. The van der Waals surface area contributed by atoms with Crippen molar-refractivity contribution in [2.45, 2.75) is 32.2 Å². The maximum absolute atomic E-state index is 13.1.